The van der Waals surface area contributed by atoms with Crippen LogP contribution in [0, 0.1) is 34.0 Å². The first-order valence-electron chi connectivity index (χ1n) is 9.44. The van der Waals surface area contributed by atoms with Crippen LogP contribution in [0.15, 0.2) is 11.1 Å². The molecule has 4 aliphatic carbocycles. The predicted octanol–water partition coefficient (Wildman–Crippen LogP) is 2.74. The number of carboxylic acid groups (broad SMARTS) is 1. The van der Waals surface area contributed by atoms with Gasteiger partial charge in [-0.1, -0.05) is 13.3 Å². The van der Waals surface area contributed by atoms with Crippen molar-refractivity contribution >= 4 is 17.7 Å². The third-order valence-electron chi connectivity index (χ3n) is 8.81. The number of esters is 1. The van der Waals surface area contributed by atoms with E-state index in [0.717, 1.165) is 32.1 Å². The molecule has 0 aromatic heterocycles. The molecule has 0 unspecified atom stereocenters. The monoisotopic (exact) mass is 344 g/mol. The highest BCUT2D eigenvalue weighted by atomic mass is 16.5. The number of carbonyl (C=O) groups is 3. The van der Waals surface area contributed by atoms with Gasteiger partial charge in [0.05, 0.1) is 5.41 Å². The van der Waals surface area contributed by atoms with Gasteiger partial charge in [-0.3, -0.25) is 9.59 Å². The van der Waals surface area contributed by atoms with Gasteiger partial charge in [0.2, 0.25) is 0 Å². The SMILES string of the molecule is C[C@]12CCC[C@](C)(C(=O)O)[C@@H]1C[C@H]1[C@@H]3C(=O)C4=C(CC[C@]132)C(=O)OC4. The summed E-state index contributed by atoms with van der Waals surface area (Å²) in [7, 11) is 0. The number of hydrogen-bond acceptors (Lipinski definition) is 4. The number of Topliss-reactive ketones (excluding diaryl/α,β-unsaturated/α-hetero) is 1. The van der Waals surface area contributed by atoms with Gasteiger partial charge >= 0.3 is 11.9 Å². The van der Waals surface area contributed by atoms with E-state index in [1.54, 1.807) is 0 Å². The molecule has 0 amide bonds. The molecule has 0 aromatic carbocycles. The minimum atomic E-state index is -0.693. The second kappa shape index (κ2) is 4.36. The number of fused-ring (bicyclic) bond motifs is 2. The first-order chi connectivity index (χ1) is 11.8. The predicted molar refractivity (Wildman–Crippen MR) is 87.4 cm³/mol. The number of ether oxygens (including phenoxy) is 1. The largest absolute Gasteiger partial charge is 0.481 e. The fourth-order valence-corrected chi connectivity index (χ4v) is 7.58. The standard InChI is InChI=1S/C20H24O5/c1-18(17(23)24)5-3-6-19(2)13(18)8-12-14-15(21)11-9-25-16(22)10(11)4-7-20(12,14)19/h12-14H,3-9H2,1-2H3,(H,23,24)/t12-,13-,14+,18-,19-,20-/m0/s1. The van der Waals surface area contributed by atoms with Crippen molar-refractivity contribution < 1.29 is 24.2 Å². The normalized spacial score (nSPS) is 50.4. The maximum atomic E-state index is 13.1. The topological polar surface area (TPSA) is 80.7 Å². The van der Waals surface area contributed by atoms with Crippen LogP contribution in [0.4, 0.5) is 0 Å². The Morgan fingerprint density at radius 2 is 1.92 bits per heavy atom. The fourth-order valence-electron chi connectivity index (χ4n) is 7.58. The van der Waals surface area contributed by atoms with Crippen LogP contribution < -0.4 is 0 Å². The molecule has 5 rings (SSSR count). The average molecular weight is 344 g/mol. The quantitative estimate of drug-likeness (QED) is 0.740. The van der Waals surface area contributed by atoms with E-state index in [9.17, 15) is 19.5 Å². The van der Waals surface area contributed by atoms with E-state index in [1.807, 2.05) is 6.92 Å². The Hall–Kier alpha value is -1.65. The van der Waals surface area contributed by atoms with Crippen molar-refractivity contribution in [3.8, 4) is 0 Å². The van der Waals surface area contributed by atoms with Crippen molar-refractivity contribution in [3.63, 3.8) is 0 Å². The van der Waals surface area contributed by atoms with Crippen molar-refractivity contribution in [2.24, 2.45) is 34.0 Å². The summed E-state index contributed by atoms with van der Waals surface area (Å²) in [6.07, 6.45) is 4.90. The highest BCUT2D eigenvalue weighted by Crippen LogP contribution is 2.84. The smallest absolute Gasteiger partial charge is 0.334 e. The molecule has 3 fully saturated rings. The maximum absolute atomic E-state index is 13.1. The third kappa shape index (κ3) is 1.51. The maximum Gasteiger partial charge on any atom is 0.334 e. The zero-order valence-electron chi connectivity index (χ0n) is 14.8. The minimum absolute atomic E-state index is 0.0214. The van der Waals surface area contributed by atoms with E-state index >= 15 is 0 Å². The van der Waals surface area contributed by atoms with Crippen LogP contribution in [0.5, 0.6) is 0 Å². The van der Waals surface area contributed by atoms with Crippen LogP contribution in [0.1, 0.15) is 52.4 Å². The lowest BCUT2D eigenvalue weighted by atomic mass is 9.51. The minimum Gasteiger partial charge on any atom is -0.481 e. The van der Waals surface area contributed by atoms with Crippen molar-refractivity contribution in [2.75, 3.05) is 6.61 Å². The Bertz CT molecular complexity index is 766. The molecule has 1 spiro atoms. The molecule has 0 saturated heterocycles. The summed E-state index contributed by atoms with van der Waals surface area (Å²) in [5.74, 6) is -0.507. The summed E-state index contributed by atoms with van der Waals surface area (Å²) in [5, 5.41) is 9.89. The van der Waals surface area contributed by atoms with Gasteiger partial charge in [-0.15, -0.1) is 0 Å². The average Bonchev–Trinajstić information content (AvgIpc) is 2.99. The number of rotatable bonds is 1. The molecule has 5 heteroatoms. The third-order valence-corrected chi connectivity index (χ3v) is 8.81. The molecule has 0 aromatic rings. The molecule has 1 heterocycles. The van der Waals surface area contributed by atoms with E-state index in [0.29, 0.717) is 17.6 Å². The second-order valence-electron chi connectivity index (χ2n) is 9.30. The van der Waals surface area contributed by atoms with Gasteiger partial charge in [0, 0.05) is 17.1 Å². The lowest BCUT2D eigenvalue weighted by molar-refractivity contribution is -0.161. The lowest BCUT2D eigenvalue weighted by Gasteiger charge is -2.52. The molecule has 6 atom stereocenters. The summed E-state index contributed by atoms with van der Waals surface area (Å²) in [5.41, 5.74) is 0.292. The number of carboxylic acids is 1. The van der Waals surface area contributed by atoms with Gasteiger partial charge in [-0.25, -0.2) is 4.79 Å². The van der Waals surface area contributed by atoms with Gasteiger partial charge in [-0.2, -0.15) is 0 Å². The van der Waals surface area contributed by atoms with Crippen molar-refractivity contribution in [1.82, 2.24) is 0 Å². The van der Waals surface area contributed by atoms with Crippen molar-refractivity contribution in [1.29, 1.82) is 0 Å². The molecule has 1 aliphatic heterocycles. The summed E-state index contributed by atoms with van der Waals surface area (Å²) >= 11 is 0. The summed E-state index contributed by atoms with van der Waals surface area (Å²) in [4.78, 5) is 37.1. The van der Waals surface area contributed by atoms with E-state index in [1.165, 1.54) is 0 Å². The zero-order chi connectivity index (χ0) is 17.8. The molecule has 25 heavy (non-hydrogen) atoms. The molecular formula is C20H24O5. The molecule has 0 radical (unpaired) electrons. The first-order valence-corrected chi connectivity index (χ1v) is 9.44. The number of aliphatic carboxylic acids is 1. The van der Waals surface area contributed by atoms with Crippen LogP contribution in [0.25, 0.3) is 0 Å². The van der Waals surface area contributed by atoms with Gasteiger partial charge in [0.25, 0.3) is 0 Å². The highest BCUT2D eigenvalue weighted by molar-refractivity contribution is 6.09. The van der Waals surface area contributed by atoms with Gasteiger partial charge in [-0.05, 0) is 61.7 Å². The zero-order valence-corrected chi connectivity index (χ0v) is 14.8. The second-order valence-corrected chi connectivity index (χ2v) is 9.30. The molecule has 3 saturated carbocycles. The van der Waals surface area contributed by atoms with Crippen molar-refractivity contribution in [3.05, 3.63) is 11.1 Å². The molecule has 134 valence electrons. The van der Waals surface area contributed by atoms with Gasteiger partial charge in [0.15, 0.2) is 5.78 Å². The van der Waals surface area contributed by atoms with E-state index in [4.69, 9.17) is 4.74 Å². The Balaban J connectivity index is 1.56. The highest BCUT2D eigenvalue weighted by Gasteiger charge is 2.82. The van der Waals surface area contributed by atoms with E-state index in [-0.39, 0.29) is 46.9 Å². The Morgan fingerprint density at radius 3 is 2.64 bits per heavy atom. The molecule has 5 aliphatic rings. The first kappa shape index (κ1) is 15.6. The molecular weight excluding hydrogens is 320 g/mol. The lowest BCUT2D eigenvalue weighted by Crippen LogP contribution is -2.50. The van der Waals surface area contributed by atoms with E-state index < -0.39 is 11.4 Å². The number of hydrogen-bond donors (Lipinski definition) is 1. The van der Waals surface area contributed by atoms with Crippen LogP contribution in [0.2, 0.25) is 0 Å². The Labute approximate surface area is 146 Å². The number of cyclic esters (lactones) is 1. The molecule has 0 bridgehead atoms. The molecule has 5 nitrogen and oxygen atoms in total. The Morgan fingerprint density at radius 1 is 1.16 bits per heavy atom. The van der Waals surface area contributed by atoms with Crippen LogP contribution >= 0.6 is 0 Å². The molecule has 1 N–H and O–H groups in total. The van der Waals surface area contributed by atoms with Gasteiger partial charge in [0.1, 0.15) is 6.61 Å². The van der Waals surface area contributed by atoms with Crippen molar-refractivity contribution in [2.45, 2.75) is 52.4 Å². The fraction of sp³-hybridized carbons (Fsp3) is 0.750. The van der Waals surface area contributed by atoms with Crippen LogP contribution in [-0.2, 0) is 19.1 Å². The Kier molecular flexibility index (Phi) is 2.72. The number of ketones is 1. The summed E-state index contributed by atoms with van der Waals surface area (Å²) in [6.45, 7) is 4.28. The summed E-state index contributed by atoms with van der Waals surface area (Å²) < 4.78 is 5.10. The van der Waals surface area contributed by atoms with Gasteiger partial charge < -0.3 is 9.84 Å². The van der Waals surface area contributed by atoms with E-state index in [2.05, 4.69) is 6.92 Å². The van der Waals surface area contributed by atoms with Crippen LogP contribution in [-0.4, -0.2) is 29.4 Å². The summed E-state index contributed by atoms with van der Waals surface area (Å²) in [6, 6.07) is 0. The number of carbonyl (C=O) groups excluding carboxylic acids is 2. The van der Waals surface area contributed by atoms with Crippen LogP contribution in [0.3, 0.4) is 0 Å².